The second-order valence-corrected chi connectivity index (χ2v) is 31.5. The van der Waals surface area contributed by atoms with E-state index in [-0.39, 0.29) is 0 Å². The topological polar surface area (TPSA) is 8.88 Å². The van der Waals surface area contributed by atoms with E-state index in [0.717, 1.165) is 0 Å². The van der Waals surface area contributed by atoms with Crippen LogP contribution in [0.5, 0.6) is 0 Å². The summed E-state index contributed by atoms with van der Waals surface area (Å²) >= 11 is 0. The first kappa shape index (κ1) is 118. The van der Waals surface area contributed by atoms with Crippen LogP contribution >= 0.6 is 0 Å². The average Bonchev–Trinajstić information content (AvgIpc) is 0.709. The minimum Gasteiger partial charge on any atom is -0.335 e. The van der Waals surface area contributed by atoms with E-state index in [0.29, 0.717) is 0 Å². The van der Waals surface area contributed by atoms with Crippen molar-refractivity contribution >= 4 is 56.0 Å². The smallest absolute Gasteiger partial charge is 0.335 e. The lowest BCUT2D eigenvalue weighted by Gasteiger charge is -2.46. The lowest BCUT2D eigenvalue weighted by Crippen LogP contribution is -3.12. The first-order valence-electron chi connectivity index (χ1n) is 40.1. The zero-order chi connectivity index (χ0) is 106. The number of hydrogen-bond acceptors (Lipinski definition) is 0. The number of nitrogens with one attached hydrogen (secondary N) is 2. The fraction of sp³-hybridized carbons (Fsp3) is 0.435. The molecule has 8 aromatic carbocycles. The van der Waals surface area contributed by atoms with Gasteiger partial charge in [0.05, 0.1) is 128 Å². The highest BCUT2D eigenvalue weighted by Gasteiger charge is 2.52. The van der Waals surface area contributed by atoms with Gasteiger partial charge in [-0.15, -0.1) is 0 Å². The van der Waals surface area contributed by atoms with Gasteiger partial charge in [-0.05, 0) is 87.1 Å². The van der Waals surface area contributed by atoms with Gasteiger partial charge in [0.1, 0.15) is 12.3 Å². The molecule has 2 N–H and O–H groups in total. The minimum absolute atomic E-state index is 0.691. The predicted molar refractivity (Wildman–Crippen MR) is 407 cm³/mol. The second-order valence-electron chi connectivity index (χ2n) is 31.5. The molecular formula is C85H74B2F48N2. The number of benzene rings is 8. The van der Waals surface area contributed by atoms with Crippen LogP contribution in [0.1, 0.15) is 188 Å². The predicted octanol–water partition coefficient (Wildman–Crippen LogP) is 25.8. The zero-order valence-corrected chi connectivity index (χ0v) is 70.8. The van der Waals surface area contributed by atoms with Crippen molar-refractivity contribution in [2.24, 2.45) is 0 Å². The fourth-order valence-corrected chi connectivity index (χ4v) is 15.2. The summed E-state index contributed by atoms with van der Waals surface area (Å²) in [6.07, 6.45) is -97.4. The number of halogens is 48. The van der Waals surface area contributed by atoms with Crippen molar-refractivity contribution in [1.82, 2.24) is 0 Å². The van der Waals surface area contributed by atoms with E-state index in [2.05, 4.69) is 41.5 Å². The molecule has 0 saturated heterocycles. The summed E-state index contributed by atoms with van der Waals surface area (Å²) < 4.78 is 682. The number of alkyl halides is 48. The lowest BCUT2D eigenvalue weighted by molar-refractivity contribution is -0.900. The summed E-state index contributed by atoms with van der Waals surface area (Å²) in [6.45, 7) is 22.0. The maximum absolute atomic E-state index is 14.2. The Balaban J connectivity index is 0.000000392. The SMILES string of the molecule is CCCC[NH+](CCCC)CCCC.CCC[NH+](CCC)CCC.FC(F)(F)c1cc([B-](c2cc(C(F)(F)F)cc(C(F)(F)F)c2)(c2cc(C(F)(F)F)cc(C(F)(F)F)c2)c2cc(C(F)(F)F)cc(C(F)(F)F)c2)cc(C(F)(F)F)c1.FC(F)(F)c1cc([B-](c2cc(C(F)(F)F)cc(C(F)(F)F)c2)(c2cc(C(F)(F)F)cc(C(F)(F)F)c2)c2cc(C(F)(F)F)cc(C(F)(F)F)c2)cc(C(F)(F)F)c1. The maximum Gasteiger partial charge on any atom is 0.416 e. The van der Waals surface area contributed by atoms with E-state index in [1.807, 2.05) is 4.90 Å². The molecule has 0 amide bonds. The molecule has 766 valence electrons. The van der Waals surface area contributed by atoms with Crippen LogP contribution in [-0.2, 0) is 98.8 Å². The summed E-state index contributed by atoms with van der Waals surface area (Å²) in [7, 11) is 0. The van der Waals surface area contributed by atoms with Crippen molar-refractivity contribution in [2.75, 3.05) is 39.3 Å². The summed E-state index contributed by atoms with van der Waals surface area (Å²) in [5.41, 5.74) is -60.4. The van der Waals surface area contributed by atoms with Crippen molar-refractivity contribution in [3.8, 4) is 0 Å². The van der Waals surface area contributed by atoms with E-state index in [9.17, 15) is 211 Å². The number of rotatable bonds is 23. The summed E-state index contributed by atoms with van der Waals surface area (Å²) in [4.78, 5) is 3.62. The first-order chi connectivity index (χ1) is 61.7. The molecule has 137 heavy (non-hydrogen) atoms. The van der Waals surface area contributed by atoms with Gasteiger partial charge in [0.25, 0.3) is 0 Å². The Labute approximate surface area is 746 Å². The van der Waals surface area contributed by atoms with Gasteiger partial charge in [0, 0.05) is 0 Å². The molecule has 0 aliphatic heterocycles. The molecule has 2 nitrogen and oxygen atoms in total. The molecule has 0 atom stereocenters. The highest BCUT2D eigenvalue weighted by Crippen LogP contribution is 2.47. The molecular weight excluding hydrogens is 1980 g/mol. The van der Waals surface area contributed by atoms with Crippen LogP contribution in [0.2, 0.25) is 0 Å². The Kier molecular flexibility index (Phi) is 36.9. The van der Waals surface area contributed by atoms with E-state index in [1.165, 1.54) is 97.1 Å². The molecule has 0 saturated carbocycles. The molecule has 0 spiro atoms. The Morgan fingerprint density at radius 2 is 0.226 bits per heavy atom. The summed E-state index contributed by atoms with van der Waals surface area (Å²) in [6, 6.07) is -17.6. The highest BCUT2D eigenvalue weighted by atomic mass is 19.5. The van der Waals surface area contributed by atoms with Gasteiger partial charge in [-0.25, -0.2) is 0 Å². The van der Waals surface area contributed by atoms with Crippen LogP contribution in [0, 0.1) is 0 Å². The lowest BCUT2D eigenvalue weighted by atomic mass is 9.12. The second kappa shape index (κ2) is 42.9. The highest BCUT2D eigenvalue weighted by molar-refractivity contribution is 7.20. The fourth-order valence-electron chi connectivity index (χ4n) is 15.2. The number of unbranched alkanes of at least 4 members (excludes halogenated alkanes) is 3. The van der Waals surface area contributed by atoms with Gasteiger partial charge < -0.3 is 9.80 Å². The zero-order valence-electron chi connectivity index (χ0n) is 70.8. The molecule has 0 unspecified atom stereocenters. The Morgan fingerprint density at radius 1 is 0.139 bits per heavy atom. The third-order valence-electron chi connectivity index (χ3n) is 21.3. The van der Waals surface area contributed by atoms with E-state index >= 15 is 0 Å². The normalized spacial score (nSPS) is 13.8. The van der Waals surface area contributed by atoms with Crippen LogP contribution in [0.25, 0.3) is 0 Å². The maximum atomic E-state index is 14.2. The quantitative estimate of drug-likeness (QED) is 0.0467. The van der Waals surface area contributed by atoms with E-state index in [1.54, 1.807) is 4.90 Å². The molecule has 0 aliphatic rings. The van der Waals surface area contributed by atoms with Crippen LogP contribution < -0.4 is 53.5 Å². The van der Waals surface area contributed by atoms with Gasteiger partial charge in [-0.1, -0.05) is 158 Å². The molecule has 0 radical (unpaired) electrons. The average molecular weight is 2060 g/mol. The Hall–Kier alpha value is -9.55. The molecule has 0 bridgehead atoms. The first-order valence-corrected chi connectivity index (χ1v) is 40.1. The number of quaternary nitrogens is 2. The Morgan fingerprint density at radius 3 is 0.299 bits per heavy atom. The van der Waals surface area contributed by atoms with Crippen LogP contribution in [0.15, 0.2) is 146 Å². The van der Waals surface area contributed by atoms with Crippen molar-refractivity contribution in [1.29, 1.82) is 0 Å². The largest absolute Gasteiger partial charge is 0.416 e. The van der Waals surface area contributed by atoms with Crippen LogP contribution in [-0.4, -0.2) is 51.6 Å². The monoisotopic (exact) mass is 2060 g/mol. The van der Waals surface area contributed by atoms with Gasteiger partial charge in [-0.3, -0.25) is 0 Å². The standard InChI is InChI=1S/2C32H12BF24.C12H27N.C9H21N/c2*34-25(35,36)13-1-14(26(37,38)39)6-21(5-13)33(22-7-15(27(40,41)42)2-16(8-22)28(43,44)45,23-9-17(29(46,47)48)3-18(10-23)30(49,50)51)24-11-19(31(52,53)54)4-20(12-24)32(55,56)57;1-4-7-10-13(11-8-5-2)12-9-6-3;1-4-7-10(8-5-2)9-6-3/h2*1-12H;4-12H2,1-3H3;4-9H2,1-3H3/q2*-1;;/p+2. The third kappa shape index (κ3) is 31.0. The molecule has 0 aliphatic carbocycles. The number of hydrogen-bond donors (Lipinski definition) is 2. The minimum atomic E-state index is -6.13. The van der Waals surface area contributed by atoms with Crippen LogP contribution in [0.4, 0.5) is 211 Å². The van der Waals surface area contributed by atoms with E-state index < -0.39 is 389 Å². The third-order valence-corrected chi connectivity index (χ3v) is 21.3. The van der Waals surface area contributed by atoms with E-state index in [4.69, 9.17) is 0 Å². The van der Waals surface area contributed by atoms with Gasteiger partial charge >= 0.3 is 98.8 Å². The van der Waals surface area contributed by atoms with Gasteiger partial charge in [-0.2, -0.15) is 254 Å². The van der Waals surface area contributed by atoms with Crippen molar-refractivity contribution < 1.29 is 221 Å². The molecule has 52 heteroatoms. The molecule has 0 heterocycles. The molecule has 0 fully saturated rings. The molecule has 8 rings (SSSR count). The van der Waals surface area contributed by atoms with Crippen LogP contribution in [0.3, 0.4) is 0 Å². The Bertz CT molecular complexity index is 4110. The molecule has 0 aromatic heterocycles. The molecule has 8 aromatic rings. The van der Waals surface area contributed by atoms with Gasteiger partial charge in [0.15, 0.2) is 0 Å². The van der Waals surface area contributed by atoms with Crippen molar-refractivity contribution in [3.05, 3.63) is 235 Å². The summed E-state index contributed by atoms with van der Waals surface area (Å²) in [5, 5.41) is 0. The summed E-state index contributed by atoms with van der Waals surface area (Å²) in [5.74, 6) is 0. The van der Waals surface area contributed by atoms with Gasteiger partial charge in [0.2, 0.25) is 0 Å². The van der Waals surface area contributed by atoms with Crippen molar-refractivity contribution in [3.63, 3.8) is 0 Å². The van der Waals surface area contributed by atoms with Crippen molar-refractivity contribution in [2.45, 2.75) is 198 Å².